The van der Waals surface area contributed by atoms with Crippen molar-refractivity contribution in [2.24, 2.45) is 5.84 Å². The summed E-state index contributed by atoms with van der Waals surface area (Å²) in [5, 5.41) is 2.16. The number of nitrogens with two attached hydrogens (primary N) is 1. The average molecular weight is 284 g/mol. The van der Waals surface area contributed by atoms with E-state index in [9.17, 15) is 9.59 Å². The molecule has 0 aliphatic carbocycles. The molecule has 0 spiro atoms. The Labute approximate surface area is 121 Å². The number of aromatic nitrogens is 1. The summed E-state index contributed by atoms with van der Waals surface area (Å²) >= 11 is 0. The molecule has 2 amide bonds. The Hall–Kier alpha value is -2.34. The van der Waals surface area contributed by atoms with E-state index in [1.807, 2.05) is 31.2 Å². The van der Waals surface area contributed by atoms with Gasteiger partial charge in [0, 0.05) is 23.0 Å². The predicted molar refractivity (Wildman–Crippen MR) is 77.0 cm³/mol. The fourth-order valence-electron chi connectivity index (χ4n) is 3.59. The van der Waals surface area contributed by atoms with E-state index in [2.05, 4.69) is 4.98 Å². The van der Waals surface area contributed by atoms with Crippen LogP contribution in [0, 0.1) is 0 Å². The zero-order chi connectivity index (χ0) is 14.7. The normalized spacial score (nSPS) is 25.2. The summed E-state index contributed by atoms with van der Waals surface area (Å²) in [6, 6.07) is 7.38. The van der Waals surface area contributed by atoms with E-state index in [1.54, 1.807) is 4.90 Å². The molecule has 0 saturated carbocycles. The summed E-state index contributed by atoms with van der Waals surface area (Å²) in [7, 11) is 0. The highest BCUT2D eigenvalue weighted by Crippen LogP contribution is 2.38. The average Bonchev–Trinajstić information content (AvgIpc) is 2.84. The maximum atomic E-state index is 12.3. The van der Waals surface area contributed by atoms with E-state index in [4.69, 9.17) is 5.84 Å². The van der Waals surface area contributed by atoms with E-state index in [0.29, 0.717) is 6.42 Å². The Kier molecular flexibility index (Phi) is 2.41. The molecule has 3 heterocycles. The Bertz CT molecular complexity index is 766. The molecule has 1 aromatic heterocycles. The van der Waals surface area contributed by atoms with Crippen molar-refractivity contribution in [1.82, 2.24) is 14.9 Å². The number of hydrazine groups is 1. The number of nitrogens with zero attached hydrogens (tertiary/aromatic N) is 2. The highest BCUT2D eigenvalue weighted by atomic mass is 16.2. The monoisotopic (exact) mass is 284 g/mol. The van der Waals surface area contributed by atoms with Crippen molar-refractivity contribution < 1.29 is 9.59 Å². The molecule has 2 aromatic rings. The van der Waals surface area contributed by atoms with Gasteiger partial charge in [-0.3, -0.25) is 14.6 Å². The van der Waals surface area contributed by atoms with Crippen molar-refractivity contribution in [3.63, 3.8) is 0 Å². The molecular formula is C15H16N4O2. The highest BCUT2D eigenvalue weighted by Gasteiger charge is 2.45. The van der Waals surface area contributed by atoms with Crippen LogP contribution in [-0.4, -0.2) is 39.3 Å². The van der Waals surface area contributed by atoms with Crippen LogP contribution in [-0.2, 0) is 16.0 Å². The largest absolute Gasteiger partial charge is 0.356 e. The minimum atomic E-state index is -0.488. The fourth-order valence-corrected chi connectivity index (χ4v) is 3.59. The molecular weight excluding hydrogens is 268 g/mol. The van der Waals surface area contributed by atoms with Crippen molar-refractivity contribution in [3.05, 3.63) is 35.5 Å². The number of para-hydroxylation sites is 1. The topological polar surface area (TPSA) is 82.4 Å². The van der Waals surface area contributed by atoms with Crippen LogP contribution in [0.25, 0.3) is 10.9 Å². The molecule has 6 heteroatoms. The number of rotatable bonds is 0. The quantitative estimate of drug-likeness (QED) is 0.552. The van der Waals surface area contributed by atoms with Gasteiger partial charge in [-0.15, -0.1) is 0 Å². The van der Waals surface area contributed by atoms with Gasteiger partial charge in [0.25, 0.3) is 5.91 Å². The first kappa shape index (κ1) is 12.4. The number of nitrogens with one attached hydrogen (secondary N) is 1. The summed E-state index contributed by atoms with van der Waals surface area (Å²) in [6.45, 7) is 1.91. The number of piperazine rings is 1. The first-order chi connectivity index (χ1) is 10.1. The van der Waals surface area contributed by atoms with Gasteiger partial charge in [-0.1, -0.05) is 18.2 Å². The first-order valence-corrected chi connectivity index (χ1v) is 7.04. The molecule has 6 nitrogen and oxygen atoms in total. The van der Waals surface area contributed by atoms with Crippen LogP contribution in [0.2, 0.25) is 0 Å². The number of benzene rings is 1. The lowest BCUT2D eigenvalue weighted by Crippen LogP contribution is -2.64. The third kappa shape index (κ3) is 1.56. The van der Waals surface area contributed by atoms with E-state index in [1.165, 1.54) is 0 Å². The van der Waals surface area contributed by atoms with E-state index < -0.39 is 6.04 Å². The SMILES string of the molecule is C[C@H]1c2[nH]c3ccccc3c2C[C@H]2C(=O)N(N)CC(=O)N21. The zero-order valence-corrected chi connectivity index (χ0v) is 11.7. The Morgan fingerprint density at radius 1 is 1.29 bits per heavy atom. The standard InChI is InChI=1S/C15H16N4O2/c1-8-14-10(9-4-2-3-5-11(9)17-14)6-12-15(21)18(16)7-13(20)19(8)12/h2-5,8,12,17H,6-7,16H2,1H3/t8-,12-/m0/s1. The molecule has 1 aromatic carbocycles. The van der Waals surface area contributed by atoms with E-state index in [-0.39, 0.29) is 24.4 Å². The van der Waals surface area contributed by atoms with Crippen LogP contribution in [0.3, 0.4) is 0 Å². The first-order valence-electron chi connectivity index (χ1n) is 7.04. The van der Waals surface area contributed by atoms with Gasteiger partial charge in [0.05, 0.1) is 6.04 Å². The third-order valence-electron chi connectivity index (χ3n) is 4.58. The molecule has 4 rings (SSSR count). The van der Waals surface area contributed by atoms with Crippen LogP contribution in [0.4, 0.5) is 0 Å². The lowest BCUT2D eigenvalue weighted by Gasteiger charge is -2.44. The second-order valence-electron chi connectivity index (χ2n) is 5.73. The molecule has 0 bridgehead atoms. The molecule has 2 aliphatic heterocycles. The van der Waals surface area contributed by atoms with Crippen LogP contribution in [0.15, 0.2) is 24.3 Å². The van der Waals surface area contributed by atoms with Crippen molar-refractivity contribution in [3.8, 4) is 0 Å². The fraction of sp³-hybridized carbons (Fsp3) is 0.333. The number of hydrogen-bond acceptors (Lipinski definition) is 3. The van der Waals surface area contributed by atoms with Gasteiger partial charge in [0.2, 0.25) is 5.91 Å². The van der Waals surface area contributed by atoms with Gasteiger partial charge in [-0.2, -0.15) is 0 Å². The summed E-state index contributed by atoms with van der Waals surface area (Å²) in [5.41, 5.74) is 3.19. The minimum absolute atomic E-state index is 0.0464. The summed E-state index contributed by atoms with van der Waals surface area (Å²) in [4.78, 5) is 29.6. The highest BCUT2D eigenvalue weighted by molar-refractivity contribution is 5.96. The smallest absolute Gasteiger partial charge is 0.260 e. The van der Waals surface area contributed by atoms with Crippen molar-refractivity contribution >= 4 is 22.7 Å². The van der Waals surface area contributed by atoms with Gasteiger partial charge in [-0.05, 0) is 18.6 Å². The summed E-state index contributed by atoms with van der Waals surface area (Å²) < 4.78 is 0. The Morgan fingerprint density at radius 3 is 2.86 bits per heavy atom. The summed E-state index contributed by atoms with van der Waals surface area (Å²) in [6.07, 6.45) is 0.516. The lowest BCUT2D eigenvalue weighted by atomic mass is 9.90. The van der Waals surface area contributed by atoms with Crippen molar-refractivity contribution in [1.29, 1.82) is 0 Å². The molecule has 1 fully saturated rings. The summed E-state index contributed by atoms with van der Waals surface area (Å²) in [5.74, 6) is 5.38. The molecule has 2 aliphatic rings. The predicted octanol–water partition coefficient (Wildman–Crippen LogP) is 0.698. The number of amides is 2. The van der Waals surface area contributed by atoms with Gasteiger partial charge in [-0.25, -0.2) is 5.84 Å². The Balaban J connectivity index is 1.90. The molecule has 2 atom stereocenters. The van der Waals surface area contributed by atoms with Gasteiger partial charge < -0.3 is 9.88 Å². The number of aromatic amines is 1. The van der Waals surface area contributed by atoms with Gasteiger partial charge in [0.15, 0.2) is 0 Å². The van der Waals surface area contributed by atoms with Gasteiger partial charge >= 0.3 is 0 Å². The third-order valence-corrected chi connectivity index (χ3v) is 4.58. The zero-order valence-electron chi connectivity index (χ0n) is 11.7. The van der Waals surface area contributed by atoms with E-state index in [0.717, 1.165) is 27.2 Å². The van der Waals surface area contributed by atoms with Crippen molar-refractivity contribution in [2.75, 3.05) is 6.54 Å². The molecule has 3 N–H and O–H groups in total. The maximum Gasteiger partial charge on any atom is 0.260 e. The number of carbonyl (C=O) groups is 2. The number of H-pyrrole nitrogens is 1. The minimum Gasteiger partial charge on any atom is -0.356 e. The molecule has 0 radical (unpaired) electrons. The number of hydrogen-bond donors (Lipinski definition) is 2. The van der Waals surface area contributed by atoms with Gasteiger partial charge in [0.1, 0.15) is 12.6 Å². The van der Waals surface area contributed by atoms with E-state index >= 15 is 0 Å². The van der Waals surface area contributed by atoms with Crippen LogP contribution < -0.4 is 5.84 Å². The lowest BCUT2D eigenvalue weighted by molar-refractivity contribution is -0.159. The number of carbonyl (C=O) groups excluding carboxylic acids is 2. The second-order valence-corrected chi connectivity index (χ2v) is 5.73. The molecule has 21 heavy (non-hydrogen) atoms. The maximum absolute atomic E-state index is 12.3. The second kappa shape index (κ2) is 4.08. The van der Waals surface area contributed by atoms with Crippen LogP contribution in [0.5, 0.6) is 0 Å². The van der Waals surface area contributed by atoms with Crippen LogP contribution >= 0.6 is 0 Å². The van der Waals surface area contributed by atoms with Crippen LogP contribution in [0.1, 0.15) is 24.2 Å². The van der Waals surface area contributed by atoms with Crippen molar-refractivity contribution in [2.45, 2.75) is 25.4 Å². The Morgan fingerprint density at radius 2 is 2.05 bits per heavy atom. The number of fused-ring (bicyclic) bond motifs is 4. The molecule has 1 saturated heterocycles. The molecule has 108 valence electrons. The molecule has 0 unspecified atom stereocenters.